The molecule has 2 saturated carbocycles. The topological polar surface area (TPSA) is 9.23 Å². The van der Waals surface area contributed by atoms with E-state index in [2.05, 4.69) is 6.92 Å². The Morgan fingerprint density at radius 1 is 0.923 bits per heavy atom. The van der Waals surface area contributed by atoms with Crippen LogP contribution in [0.25, 0.3) is 10.8 Å². The minimum atomic E-state index is -0.335. The minimum absolute atomic E-state index is 0.198. The number of ether oxygens (including phenoxy) is 1. The molecule has 3 heteroatoms. The van der Waals surface area contributed by atoms with Gasteiger partial charge in [0.25, 0.3) is 0 Å². The van der Waals surface area contributed by atoms with E-state index in [9.17, 15) is 8.78 Å². The predicted octanol–water partition coefficient (Wildman–Crippen LogP) is 6.84. The fourth-order valence-electron chi connectivity index (χ4n) is 5.40. The van der Waals surface area contributed by atoms with Crippen LogP contribution in [-0.4, -0.2) is 7.11 Å². The van der Waals surface area contributed by atoms with E-state index in [0.717, 1.165) is 24.7 Å². The van der Waals surface area contributed by atoms with Crippen LogP contribution in [0, 0.1) is 29.4 Å². The fourth-order valence-corrected chi connectivity index (χ4v) is 5.40. The lowest BCUT2D eigenvalue weighted by Crippen LogP contribution is -2.30. The third-order valence-electron chi connectivity index (χ3n) is 6.97. The quantitative estimate of drug-likeness (QED) is 0.584. The molecule has 2 aromatic carbocycles. The molecule has 140 valence electrons. The van der Waals surface area contributed by atoms with Gasteiger partial charge in [-0.05, 0) is 84.9 Å². The number of hydrogen-bond donors (Lipinski definition) is 0. The molecule has 0 radical (unpaired) electrons. The second kappa shape index (κ2) is 7.17. The van der Waals surface area contributed by atoms with E-state index < -0.39 is 0 Å². The Labute approximate surface area is 154 Å². The lowest BCUT2D eigenvalue weighted by molar-refractivity contribution is 0.115. The molecule has 1 nitrogen and oxygen atoms in total. The normalized spacial score (nSPS) is 28.8. The molecule has 0 saturated heterocycles. The van der Waals surface area contributed by atoms with E-state index in [1.54, 1.807) is 12.1 Å². The number of benzene rings is 2. The van der Waals surface area contributed by atoms with Gasteiger partial charge in [0.05, 0.1) is 7.11 Å². The summed E-state index contributed by atoms with van der Waals surface area (Å²) in [7, 11) is 1.50. The Hall–Kier alpha value is -1.64. The first-order chi connectivity index (χ1) is 12.6. The highest BCUT2D eigenvalue weighted by atomic mass is 19.1. The maximum absolute atomic E-state index is 14.8. The number of halogens is 2. The van der Waals surface area contributed by atoms with Crippen molar-refractivity contribution in [1.82, 2.24) is 0 Å². The highest BCUT2D eigenvalue weighted by molar-refractivity contribution is 5.85. The number of hydrogen-bond acceptors (Lipinski definition) is 1. The van der Waals surface area contributed by atoms with E-state index in [0.29, 0.717) is 28.0 Å². The zero-order valence-corrected chi connectivity index (χ0v) is 15.7. The molecule has 2 fully saturated rings. The van der Waals surface area contributed by atoms with Crippen LogP contribution in [0.1, 0.15) is 63.4 Å². The summed E-state index contributed by atoms with van der Waals surface area (Å²) < 4.78 is 34.4. The van der Waals surface area contributed by atoms with Gasteiger partial charge in [-0.25, -0.2) is 8.78 Å². The van der Waals surface area contributed by atoms with Crippen LogP contribution in [0.3, 0.4) is 0 Å². The fraction of sp³-hybridized carbons (Fsp3) is 0.565. The van der Waals surface area contributed by atoms with Crippen molar-refractivity contribution in [2.75, 3.05) is 7.11 Å². The summed E-state index contributed by atoms with van der Waals surface area (Å²) in [5.74, 6) is 2.53. The van der Waals surface area contributed by atoms with Crippen molar-refractivity contribution in [1.29, 1.82) is 0 Å². The van der Waals surface area contributed by atoms with Crippen LogP contribution < -0.4 is 4.74 Å². The van der Waals surface area contributed by atoms with E-state index in [4.69, 9.17) is 4.74 Å². The molecule has 2 aliphatic rings. The molecular formula is C23H28F2O. The highest BCUT2D eigenvalue weighted by Crippen LogP contribution is 2.48. The molecule has 0 spiro atoms. The first-order valence-corrected chi connectivity index (χ1v) is 10.1. The van der Waals surface area contributed by atoms with Crippen molar-refractivity contribution in [2.24, 2.45) is 17.8 Å². The largest absolute Gasteiger partial charge is 0.497 e. The number of methoxy groups -OCH3 is 1. The zero-order valence-electron chi connectivity index (χ0n) is 15.7. The molecule has 2 unspecified atom stereocenters. The number of rotatable bonds is 3. The van der Waals surface area contributed by atoms with E-state index >= 15 is 0 Å². The molecule has 0 amide bonds. The minimum Gasteiger partial charge on any atom is -0.497 e. The Balaban J connectivity index is 1.61. The summed E-state index contributed by atoms with van der Waals surface area (Å²) in [5.41, 5.74) is 0.706. The summed E-state index contributed by atoms with van der Waals surface area (Å²) in [6.07, 6.45) is 8.50. The van der Waals surface area contributed by atoms with Gasteiger partial charge >= 0.3 is 0 Å². The van der Waals surface area contributed by atoms with E-state index in [-0.39, 0.29) is 17.6 Å². The Bertz CT molecular complexity index is 800. The first kappa shape index (κ1) is 17.8. The van der Waals surface area contributed by atoms with Crippen LogP contribution in [0.2, 0.25) is 0 Å². The van der Waals surface area contributed by atoms with Crippen LogP contribution in [0.15, 0.2) is 24.3 Å². The molecule has 4 rings (SSSR count). The molecule has 2 aromatic rings. The van der Waals surface area contributed by atoms with Gasteiger partial charge in [-0.2, -0.15) is 0 Å². The SMILES string of the molecule is CCC1CCC2C[C@H](c3cc4c(F)cc(OC)cc4cc3F)CC[C@@H]2C1. The van der Waals surface area contributed by atoms with Crippen molar-refractivity contribution >= 4 is 10.8 Å². The van der Waals surface area contributed by atoms with Crippen LogP contribution in [0.4, 0.5) is 8.78 Å². The number of fused-ring (bicyclic) bond motifs is 2. The molecule has 0 aromatic heterocycles. The van der Waals surface area contributed by atoms with Gasteiger partial charge in [-0.1, -0.05) is 19.8 Å². The second-order valence-corrected chi connectivity index (χ2v) is 8.32. The van der Waals surface area contributed by atoms with Crippen molar-refractivity contribution in [3.8, 4) is 5.75 Å². The maximum atomic E-state index is 14.8. The first-order valence-electron chi connectivity index (χ1n) is 10.1. The van der Waals surface area contributed by atoms with Crippen molar-refractivity contribution in [3.63, 3.8) is 0 Å². The molecular weight excluding hydrogens is 330 g/mol. The van der Waals surface area contributed by atoms with Gasteiger partial charge in [-0.3, -0.25) is 0 Å². The molecule has 0 bridgehead atoms. The zero-order chi connectivity index (χ0) is 18.3. The van der Waals surface area contributed by atoms with Gasteiger partial charge in [-0.15, -0.1) is 0 Å². The summed E-state index contributed by atoms with van der Waals surface area (Å²) in [6.45, 7) is 2.30. The second-order valence-electron chi connectivity index (χ2n) is 8.32. The van der Waals surface area contributed by atoms with E-state index in [1.165, 1.54) is 51.3 Å². The lowest BCUT2D eigenvalue weighted by atomic mass is 9.63. The van der Waals surface area contributed by atoms with E-state index in [1.807, 2.05) is 0 Å². The molecule has 0 heterocycles. The van der Waals surface area contributed by atoms with Gasteiger partial charge in [0.1, 0.15) is 17.4 Å². The van der Waals surface area contributed by atoms with Crippen LogP contribution in [-0.2, 0) is 0 Å². The average molecular weight is 358 g/mol. The third kappa shape index (κ3) is 3.21. The van der Waals surface area contributed by atoms with Crippen molar-refractivity contribution < 1.29 is 13.5 Å². The smallest absolute Gasteiger partial charge is 0.134 e. The van der Waals surface area contributed by atoms with Crippen LogP contribution >= 0.6 is 0 Å². The van der Waals surface area contributed by atoms with Gasteiger partial charge in [0, 0.05) is 11.5 Å². The molecule has 4 atom stereocenters. The monoisotopic (exact) mass is 358 g/mol. The average Bonchev–Trinajstić information content (AvgIpc) is 2.66. The third-order valence-corrected chi connectivity index (χ3v) is 6.97. The summed E-state index contributed by atoms with van der Waals surface area (Å²) in [5, 5.41) is 1.07. The predicted molar refractivity (Wildman–Crippen MR) is 102 cm³/mol. The summed E-state index contributed by atoms with van der Waals surface area (Å²) >= 11 is 0. The van der Waals surface area contributed by atoms with Gasteiger partial charge in [0.15, 0.2) is 0 Å². The Morgan fingerprint density at radius 2 is 1.69 bits per heavy atom. The van der Waals surface area contributed by atoms with Crippen molar-refractivity contribution in [2.45, 2.75) is 57.8 Å². The molecule has 0 N–H and O–H groups in total. The molecule has 0 aliphatic heterocycles. The Kier molecular flexibility index (Phi) is 4.90. The summed E-state index contributed by atoms with van der Waals surface area (Å²) in [4.78, 5) is 0. The van der Waals surface area contributed by atoms with Gasteiger partial charge < -0.3 is 4.74 Å². The maximum Gasteiger partial charge on any atom is 0.134 e. The Morgan fingerprint density at radius 3 is 2.46 bits per heavy atom. The van der Waals surface area contributed by atoms with Gasteiger partial charge in [0.2, 0.25) is 0 Å². The van der Waals surface area contributed by atoms with Crippen LogP contribution in [0.5, 0.6) is 5.75 Å². The standard InChI is InChI=1S/C23H28F2O/c1-3-14-4-5-16-9-17(7-6-15(16)8-14)20-13-21-18(11-22(20)24)10-19(26-2)12-23(21)25/h10-17H,3-9H2,1-2H3/t14?,15-,16?,17-/m1/s1. The summed E-state index contributed by atoms with van der Waals surface area (Å²) in [6, 6.07) is 6.32. The highest BCUT2D eigenvalue weighted by Gasteiger charge is 2.36. The lowest BCUT2D eigenvalue weighted by Gasteiger charge is -2.42. The molecule has 2 aliphatic carbocycles. The van der Waals surface area contributed by atoms with Crippen molar-refractivity contribution in [3.05, 3.63) is 41.5 Å². The molecule has 26 heavy (non-hydrogen) atoms.